The second-order valence-corrected chi connectivity index (χ2v) is 6.78. The van der Waals surface area contributed by atoms with Gasteiger partial charge in [-0.3, -0.25) is 4.98 Å². The first-order valence-electron chi connectivity index (χ1n) is 5.86. The van der Waals surface area contributed by atoms with Crippen molar-refractivity contribution in [2.45, 2.75) is 6.54 Å². The lowest BCUT2D eigenvalue weighted by atomic mass is 10.1. The molecule has 102 valence electrons. The lowest BCUT2D eigenvalue weighted by molar-refractivity contribution is 1.21. The number of aromatic nitrogens is 2. The zero-order valence-corrected chi connectivity index (χ0v) is 13.6. The van der Waals surface area contributed by atoms with E-state index in [9.17, 15) is 0 Å². The van der Waals surface area contributed by atoms with Crippen molar-refractivity contribution in [1.29, 1.82) is 0 Å². The van der Waals surface area contributed by atoms with Crippen LogP contribution in [0, 0.1) is 0 Å². The van der Waals surface area contributed by atoms with E-state index in [2.05, 4.69) is 42.1 Å². The summed E-state index contributed by atoms with van der Waals surface area (Å²) in [5.41, 5.74) is 7.88. The normalized spacial score (nSPS) is 10.7. The van der Waals surface area contributed by atoms with Gasteiger partial charge in [0.05, 0.1) is 12.1 Å². The Kier molecular flexibility index (Phi) is 4.00. The summed E-state index contributed by atoms with van der Waals surface area (Å²) >= 11 is 6.54. The molecule has 0 aliphatic carbocycles. The van der Waals surface area contributed by atoms with Crippen LogP contribution in [0.5, 0.6) is 0 Å². The Morgan fingerprint density at radius 1 is 1.40 bits per heavy atom. The van der Waals surface area contributed by atoms with Gasteiger partial charge in [-0.1, -0.05) is 6.07 Å². The van der Waals surface area contributed by atoms with Crippen LogP contribution in [0.3, 0.4) is 0 Å². The predicted octanol–water partition coefficient (Wildman–Crippen LogP) is 4.22. The van der Waals surface area contributed by atoms with Crippen LogP contribution >= 0.6 is 38.8 Å². The summed E-state index contributed by atoms with van der Waals surface area (Å²) in [7, 11) is 0. The van der Waals surface area contributed by atoms with Gasteiger partial charge in [0.15, 0.2) is 0 Å². The van der Waals surface area contributed by atoms with Gasteiger partial charge in [-0.05, 0) is 39.6 Å². The monoisotopic (exact) mass is 366 g/mol. The Morgan fingerprint density at radius 3 is 3.00 bits per heavy atom. The average molecular weight is 367 g/mol. The third-order valence-corrected chi connectivity index (χ3v) is 5.23. The number of nitrogens with one attached hydrogen (secondary N) is 1. The summed E-state index contributed by atoms with van der Waals surface area (Å²) in [6.07, 6.45) is 3.54. The number of thiophene rings is 1. The molecule has 0 fully saturated rings. The van der Waals surface area contributed by atoms with Crippen molar-refractivity contribution < 1.29 is 0 Å². The van der Waals surface area contributed by atoms with Crippen LogP contribution in [0.1, 0.15) is 4.88 Å². The Hall–Kier alpha value is -1.44. The second-order valence-electron chi connectivity index (χ2n) is 4.10. The topological polar surface area (TPSA) is 63.8 Å². The number of halogens is 1. The predicted molar refractivity (Wildman–Crippen MR) is 89.1 cm³/mol. The molecular formula is C13H11BrN4S2. The SMILES string of the molecule is Nc1nsc(NCc2cc(Br)cs2)c1-c1cccnc1. The molecule has 7 heteroatoms. The first-order chi connectivity index (χ1) is 9.74. The molecule has 0 spiro atoms. The number of pyridine rings is 1. The minimum absolute atomic E-state index is 0.540. The molecule has 3 aromatic heterocycles. The van der Waals surface area contributed by atoms with Gasteiger partial charge in [-0.15, -0.1) is 11.3 Å². The number of hydrogen-bond acceptors (Lipinski definition) is 6. The molecule has 0 amide bonds. The molecule has 0 aliphatic rings. The van der Waals surface area contributed by atoms with Crippen molar-refractivity contribution in [3.8, 4) is 11.1 Å². The summed E-state index contributed by atoms with van der Waals surface area (Å²) in [6, 6.07) is 5.98. The average Bonchev–Trinajstić information content (AvgIpc) is 3.03. The number of hydrogen-bond donors (Lipinski definition) is 2. The molecule has 0 saturated heterocycles. The standard InChI is InChI=1S/C13H11BrN4S2/c14-9-4-10(19-7-9)6-17-13-11(12(15)18-20-13)8-2-1-3-16-5-8/h1-5,7,17H,6H2,(H2,15,18). The molecule has 3 heterocycles. The molecule has 0 bridgehead atoms. The smallest absolute Gasteiger partial charge is 0.147 e. The highest BCUT2D eigenvalue weighted by molar-refractivity contribution is 9.10. The van der Waals surface area contributed by atoms with Gasteiger partial charge >= 0.3 is 0 Å². The van der Waals surface area contributed by atoms with Crippen molar-refractivity contribution in [1.82, 2.24) is 9.36 Å². The van der Waals surface area contributed by atoms with E-state index < -0.39 is 0 Å². The van der Waals surface area contributed by atoms with E-state index in [1.807, 2.05) is 12.1 Å². The molecular weight excluding hydrogens is 356 g/mol. The molecule has 3 N–H and O–H groups in total. The highest BCUT2D eigenvalue weighted by atomic mass is 79.9. The maximum absolute atomic E-state index is 5.97. The number of anilines is 2. The van der Waals surface area contributed by atoms with E-state index >= 15 is 0 Å². The van der Waals surface area contributed by atoms with Crippen molar-refractivity contribution in [2.24, 2.45) is 0 Å². The Bertz CT molecular complexity index is 708. The third kappa shape index (κ3) is 2.84. The summed E-state index contributed by atoms with van der Waals surface area (Å²) in [4.78, 5) is 5.38. The van der Waals surface area contributed by atoms with Gasteiger partial charge < -0.3 is 11.1 Å². The van der Waals surface area contributed by atoms with Gasteiger partial charge in [0.2, 0.25) is 0 Å². The van der Waals surface area contributed by atoms with E-state index in [0.29, 0.717) is 5.82 Å². The van der Waals surface area contributed by atoms with Crippen LogP contribution in [0.4, 0.5) is 10.8 Å². The minimum atomic E-state index is 0.540. The first-order valence-corrected chi connectivity index (χ1v) is 8.31. The van der Waals surface area contributed by atoms with Crippen molar-refractivity contribution >= 4 is 49.6 Å². The van der Waals surface area contributed by atoms with E-state index in [-0.39, 0.29) is 0 Å². The van der Waals surface area contributed by atoms with Gasteiger partial charge in [-0.2, -0.15) is 4.37 Å². The van der Waals surface area contributed by atoms with Gasteiger partial charge in [0, 0.05) is 32.7 Å². The molecule has 0 unspecified atom stereocenters. The minimum Gasteiger partial charge on any atom is -0.382 e. The summed E-state index contributed by atoms with van der Waals surface area (Å²) in [5, 5.41) is 6.44. The van der Waals surface area contributed by atoms with Crippen LogP contribution < -0.4 is 11.1 Å². The summed E-state index contributed by atoms with van der Waals surface area (Å²) in [5.74, 6) is 0.540. The number of rotatable bonds is 4. The second kappa shape index (κ2) is 5.90. The molecule has 0 atom stereocenters. The van der Waals surface area contributed by atoms with Crippen LogP contribution in [0.2, 0.25) is 0 Å². The highest BCUT2D eigenvalue weighted by Crippen LogP contribution is 2.36. The van der Waals surface area contributed by atoms with E-state index in [1.54, 1.807) is 23.7 Å². The van der Waals surface area contributed by atoms with Crippen molar-refractivity contribution in [3.05, 3.63) is 45.3 Å². The zero-order valence-electron chi connectivity index (χ0n) is 10.3. The first kappa shape index (κ1) is 13.5. The molecule has 0 aromatic carbocycles. The number of nitrogens with zero attached hydrogens (tertiary/aromatic N) is 2. The Morgan fingerprint density at radius 2 is 2.30 bits per heavy atom. The number of nitrogens with two attached hydrogens (primary N) is 1. The molecule has 20 heavy (non-hydrogen) atoms. The van der Waals surface area contributed by atoms with E-state index in [1.165, 1.54) is 16.4 Å². The fraction of sp³-hybridized carbons (Fsp3) is 0.0769. The van der Waals surface area contributed by atoms with Gasteiger partial charge in [0.25, 0.3) is 0 Å². The maximum atomic E-state index is 5.97. The zero-order chi connectivity index (χ0) is 13.9. The Balaban J connectivity index is 1.84. The van der Waals surface area contributed by atoms with E-state index in [4.69, 9.17) is 5.73 Å². The summed E-state index contributed by atoms with van der Waals surface area (Å²) in [6.45, 7) is 0.755. The molecule has 0 radical (unpaired) electrons. The van der Waals surface area contributed by atoms with Crippen LogP contribution in [-0.2, 0) is 6.54 Å². The molecule has 0 aliphatic heterocycles. The van der Waals surface area contributed by atoms with Crippen LogP contribution in [0.25, 0.3) is 11.1 Å². The van der Waals surface area contributed by atoms with Crippen LogP contribution in [-0.4, -0.2) is 9.36 Å². The van der Waals surface area contributed by atoms with Crippen molar-refractivity contribution in [2.75, 3.05) is 11.1 Å². The van der Waals surface area contributed by atoms with E-state index in [0.717, 1.165) is 27.1 Å². The van der Waals surface area contributed by atoms with Gasteiger partial charge in [-0.25, -0.2) is 0 Å². The number of nitrogen functional groups attached to an aromatic ring is 1. The molecule has 3 aromatic rings. The van der Waals surface area contributed by atoms with Gasteiger partial charge in [0.1, 0.15) is 10.8 Å². The maximum Gasteiger partial charge on any atom is 0.147 e. The molecule has 0 saturated carbocycles. The van der Waals surface area contributed by atoms with Crippen molar-refractivity contribution in [3.63, 3.8) is 0 Å². The largest absolute Gasteiger partial charge is 0.382 e. The quantitative estimate of drug-likeness (QED) is 0.725. The lowest BCUT2D eigenvalue weighted by Crippen LogP contribution is -1.97. The fourth-order valence-corrected chi connectivity index (χ4v) is 3.95. The summed E-state index contributed by atoms with van der Waals surface area (Å²) < 4.78 is 5.34. The third-order valence-electron chi connectivity index (χ3n) is 2.71. The fourth-order valence-electron chi connectivity index (χ4n) is 1.83. The van der Waals surface area contributed by atoms with Crippen LogP contribution in [0.15, 0.2) is 40.4 Å². The highest BCUT2D eigenvalue weighted by Gasteiger charge is 2.13. The molecule has 3 rings (SSSR count). The lowest BCUT2D eigenvalue weighted by Gasteiger charge is -2.05. The Labute approximate surface area is 133 Å². The molecule has 4 nitrogen and oxygen atoms in total.